The average molecular weight is 608 g/mol. The summed E-state index contributed by atoms with van der Waals surface area (Å²) < 4.78 is 33.7. The van der Waals surface area contributed by atoms with Crippen LogP contribution in [0.15, 0.2) is 41.3 Å². The minimum atomic E-state index is -0.970. The van der Waals surface area contributed by atoms with E-state index in [9.17, 15) is 14.7 Å². The van der Waals surface area contributed by atoms with Crippen molar-refractivity contribution in [2.24, 2.45) is 0 Å². The molecular weight excluding hydrogens is 576 g/mol. The summed E-state index contributed by atoms with van der Waals surface area (Å²) in [6.07, 6.45) is 2.16. The van der Waals surface area contributed by atoms with E-state index in [1.165, 1.54) is 27.7 Å². The summed E-state index contributed by atoms with van der Waals surface area (Å²) in [5.74, 6) is -2.75. The van der Waals surface area contributed by atoms with Crippen LogP contribution < -0.4 is 20.7 Å². The van der Waals surface area contributed by atoms with Gasteiger partial charge in [-0.05, 0) is 49.1 Å². The average Bonchev–Trinajstić information content (AvgIpc) is 2.96. The zero-order valence-corrected chi connectivity index (χ0v) is 25.3. The number of likely N-dealkylation sites (N-methyl/N-ethyl adjacent to an activating group) is 1. The minimum absolute atomic E-state index is 0.0229. The van der Waals surface area contributed by atoms with Crippen LogP contribution in [-0.2, 0) is 11.2 Å². The summed E-state index contributed by atoms with van der Waals surface area (Å²) >= 11 is 6.75. The third-order valence-electron chi connectivity index (χ3n) is 8.47. The zero-order chi connectivity index (χ0) is 30.9. The van der Waals surface area contributed by atoms with E-state index in [-0.39, 0.29) is 45.0 Å². The number of hydrogen-bond donors (Lipinski definition) is 2. The summed E-state index contributed by atoms with van der Waals surface area (Å²) in [6, 6.07) is 6.29. The number of benzene rings is 2. The Labute approximate surface area is 252 Å². The molecule has 43 heavy (non-hydrogen) atoms. The molecule has 2 aliphatic rings. The molecule has 2 aromatic heterocycles. The van der Waals surface area contributed by atoms with Crippen LogP contribution >= 0.6 is 11.6 Å². The van der Waals surface area contributed by atoms with Gasteiger partial charge in [-0.15, -0.1) is 0 Å². The molecule has 0 spiro atoms. The van der Waals surface area contributed by atoms with Gasteiger partial charge in [0, 0.05) is 43.3 Å². The van der Waals surface area contributed by atoms with Gasteiger partial charge < -0.3 is 20.2 Å². The summed E-state index contributed by atoms with van der Waals surface area (Å²) in [4.78, 5) is 36.2. The van der Waals surface area contributed by atoms with E-state index in [2.05, 4.69) is 10.3 Å². The second kappa shape index (κ2) is 10.6. The van der Waals surface area contributed by atoms with Gasteiger partial charge in [0.25, 0.3) is 11.5 Å². The van der Waals surface area contributed by atoms with Crippen LogP contribution in [0.2, 0.25) is 5.02 Å². The normalized spacial score (nSPS) is 18.4. The Morgan fingerprint density at radius 3 is 2.56 bits per heavy atom. The number of nitrogens with zero attached hydrogens (tertiary/aromatic N) is 4. The number of anilines is 2. The van der Waals surface area contributed by atoms with E-state index in [0.29, 0.717) is 36.6 Å². The van der Waals surface area contributed by atoms with Gasteiger partial charge in [0.1, 0.15) is 23.3 Å². The number of carbonyl (C=O) groups is 1. The Bertz CT molecular complexity index is 1850. The maximum Gasteiger partial charge on any atom is 0.281 e. The summed E-state index contributed by atoms with van der Waals surface area (Å²) in [5.41, 5.74) is 0.665. The van der Waals surface area contributed by atoms with E-state index in [0.717, 1.165) is 11.6 Å². The van der Waals surface area contributed by atoms with Crippen LogP contribution in [0, 0.1) is 11.6 Å². The molecule has 0 unspecified atom stereocenters. The summed E-state index contributed by atoms with van der Waals surface area (Å²) in [7, 11) is 1.55. The lowest BCUT2D eigenvalue weighted by Crippen LogP contribution is -2.64. The minimum Gasteiger partial charge on any atom is -0.507 e. The van der Waals surface area contributed by atoms with Gasteiger partial charge in [-0.2, -0.15) is 0 Å². The Morgan fingerprint density at radius 1 is 1.14 bits per heavy atom. The molecule has 2 aliphatic heterocycles. The van der Waals surface area contributed by atoms with E-state index in [1.54, 1.807) is 19.3 Å². The molecule has 1 amide bonds. The van der Waals surface area contributed by atoms with Crippen molar-refractivity contribution in [2.45, 2.75) is 52.1 Å². The summed E-state index contributed by atoms with van der Waals surface area (Å²) in [5, 5.41) is 14.1. The molecule has 0 bridgehead atoms. The monoisotopic (exact) mass is 607 g/mol. The standard InChI is InChI=1S/C32H32ClF2N5O3/c1-6-17-10-11-36-26(15(2)3)27(17)40-28-18(12-19(33)23(25(28)35)24-20(34)8-7-9-22(24)41)29-30(32(40)43)38(5)31(42)21-13-37-16(4)14-39(21)29/h7-12,15-16,21,37,41H,6,13-14H2,1-5H3/t16-,21-/m1/s1. The molecule has 0 aliphatic carbocycles. The second-order valence-corrected chi connectivity index (χ2v) is 11.9. The molecule has 4 heterocycles. The molecule has 8 nitrogen and oxygen atoms in total. The first-order valence-electron chi connectivity index (χ1n) is 14.3. The van der Waals surface area contributed by atoms with Crippen LogP contribution in [0.1, 0.15) is 44.9 Å². The van der Waals surface area contributed by atoms with Gasteiger partial charge in [0.05, 0.1) is 33.2 Å². The van der Waals surface area contributed by atoms with Crippen molar-refractivity contribution in [2.75, 3.05) is 29.9 Å². The quantitative estimate of drug-likeness (QED) is 0.318. The van der Waals surface area contributed by atoms with Crippen molar-refractivity contribution >= 4 is 39.8 Å². The van der Waals surface area contributed by atoms with Crippen LogP contribution in [0.25, 0.3) is 27.7 Å². The van der Waals surface area contributed by atoms with Crippen molar-refractivity contribution in [1.82, 2.24) is 14.9 Å². The molecule has 224 valence electrons. The maximum absolute atomic E-state index is 17.3. The third-order valence-corrected chi connectivity index (χ3v) is 8.77. The number of rotatable bonds is 4. The lowest BCUT2D eigenvalue weighted by atomic mass is 9.95. The number of aryl methyl sites for hydroxylation is 1. The van der Waals surface area contributed by atoms with Crippen LogP contribution in [0.3, 0.4) is 0 Å². The summed E-state index contributed by atoms with van der Waals surface area (Å²) in [6.45, 7) is 8.46. The SMILES string of the molecule is CCc1ccnc(C(C)C)c1-n1c(=O)c2c(c3cc(Cl)c(-c4c(O)cccc4F)c(F)c31)N1C[C@@H](C)NC[C@@H]1C(=O)N2C. The van der Waals surface area contributed by atoms with Crippen molar-refractivity contribution < 1.29 is 18.7 Å². The number of hydrogen-bond acceptors (Lipinski definition) is 6. The fraction of sp³-hybridized carbons (Fsp3) is 0.344. The Kier molecular flexibility index (Phi) is 7.17. The number of carbonyl (C=O) groups excluding carboxylic acids is 1. The predicted molar refractivity (Wildman–Crippen MR) is 165 cm³/mol. The molecule has 2 atom stereocenters. The first kappa shape index (κ1) is 29.1. The zero-order valence-electron chi connectivity index (χ0n) is 24.5. The van der Waals surface area contributed by atoms with Crippen molar-refractivity contribution in [1.29, 1.82) is 0 Å². The van der Waals surface area contributed by atoms with E-state index < -0.39 is 34.5 Å². The number of amides is 1. The highest BCUT2D eigenvalue weighted by Crippen LogP contribution is 2.47. The van der Waals surface area contributed by atoms with E-state index >= 15 is 8.78 Å². The van der Waals surface area contributed by atoms with Gasteiger partial charge in [-0.25, -0.2) is 8.78 Å². The number of phenols is 1. The number of halogens is 3. The third kappa shape index (κ3) is 4.30. The number of aromatic hydroxyl groups is 1. The smallest absolute Gasteiger partial charge is 0.281 e. The number of fused-ring (bicyclic) bond motifs is 5. The van der Waals surface area contributed by atoms with E-state index in [4.69, 9.17) is 11.6 Å². The van der Waals surface area contributed by atoms with Gasteiger partial charge in [-0.1, -0.05) is 38.4 Å². The number of pyridine rings is 2. The molecule has 6 rings (SSSR count). The topological polar surface area (TPSA) is 90.7 Å². The molecular formula is C32H32ClF2N5O3. The van der Waals surface area contributed by atoms with Crippen molar-refractivity contribution in [3.8, 4) is 22.6 Å². The molecule has 2 N–H and O–H groups in total. The first-order chi connectivity index (χ1) is 20.5. The Balaban J connectivity index is 1.87. The highest BCUT2D eigenvalue weighted by molar-refractivity contribution is 6.35. The van der Waals surface area contributed by atoms with Crippen molar-refractivity contribution in [3.63, 3.8) is 0 Å². The number of phenolic OH excluding ortho intramolecular Hbond substituents is 1. The van der Waals surface area contributed by atoms with Gasteiger partial charge in [0.15, 0.2) is 5.82 Å². The molecule has 11 heteroatoms. The van der Waals surface area contributed by atoms with Gasteiger partial charge in [-0.3, -0.25) is 19.1 Å². The lowest BCUT2D eigenvalue weighted by molar-refractivity contribution is -0.120. The largest absolute Gasteiger partial charge is 0.507 e. The molecule has 2 aromatic carbocycles. The number of aromatic nitrogens is 2. The molecule has 0 saturated carbocycles. The van der Waals surface area contributed by atoms with Crippen LogP contribution in [-0.4, -0.2) is 52.8 Å². The van der Waals surface area contributed by atoms with Gasteiger partial charge in [0.2, 0.25) is 0 Å². The fourth-order valence-electron chi connectivity index (χ4n) is 6.43. The predicted octanol–water partition coefficient (Wildman–Crippen LogP) is 5.52. The van der Waals surface area contributed by atoms with Crippen molar-refractivity contribution in [3.05, 3.63) is 74.8 Å². The fourth-order valence-corrected chi connectivity index (χ4v) is 6.72. The molecule has 1 fully saturated rings. The molecule has 0 radical (unpaired) electrons. The van der Waals surface area contributed by atoms with Crippen LogP contribution in [0.5, 0.6) is 5.75 Å². The molecule has 4 aromatic rings. The van der Waals surface area contributed by atoms with E-state index in [1.807, 2.05) is 32.6 Å². The highest BCUT2D eigenvalue weighted by Gasteiger charge is 2.43. The first-order valence-corrected chi connectivity index (χ1v) is 14.7. The van der Waals surface area contributed by atoms with Gasteiger partial charge >= 0.3 is 0 Å². The Hall–Kier alpha value is -4.02. The lowest BCUT2D eigenvalue weighted by Gasteiger charge is -2.46. The maximum atomic E-state index is 17.3. The van der Waals surface area contributed by atoms with Crippen LogP contribution in [0.4, 0.5) is 20.2 Å². The number of nitrogens with one attached hydrogen (secondary N) is 1. The number of piperazine rings is 1. The second-order valence-electron chi connectivity index (χ2n) is 11.5. The molecule has 1 saturated heterocycles. The Morgan fingerprint density at radius 2 is 1.88 bits per heavy atom. The highest BCUT2D eigenvalue weighted by atomic mass is 35.5.